The highest BCUT2D eigenvalue weighted by Gasteiger charge is 2.31. The van der Waals surface area contributed by atoms with Crippen molar-refractivity contribution >= 4 is 39.1 Å². The lowest BCUT2D eigenvalue weighted by atomic mass is 10.1. The van der Waals surface area contributed by atoms with Crippen LogP contribution in [0.3, 0.4) is 0 Å². The summed E-state index contributed by atoms with van der Waals surface area (Å²) < 4.78 is 26.6. The molecule has 0 aliphatic rings. The molecule has 0 spiro atoms. The fourth-order valence-corrected chi connectivity index (χ4v) is 4.69. The minimum atomic E-state index is -3.77. The van der Waals surface area contributed by atoms with Crippen LogP contribution >= 0.6 is 11.6 Å². The number of carbonyl (C=O) groups excluding carboxylic acids is 2. The van der Waals surface area contributed by atoms with Crippen LogP contribution in [0.4, 0.5) is 5.69 Å². The second kappa shape index (κ2) is 11.7. The number of nitrogens with zero attached hydrogens (tertiary/aromatic N) is 2. The third-order valence-electron chi connectivity index (χ3n) is 5.49. The van der Waals surface area contributed by atoms with Gasteiger partial charge in [-0.15, -0.1) is 0 Å². The van der Waals surface area contributed by atoms with Crippen molar-refractivity contribution in [2.24, 2.45) is 5.92 Å². The van der Waals surface area contributed by atoms with Crippen molar-refractivity contribution in [3.8, 4) is 0 Å². The Morgan fingerprint density at radius 3 is 2.06 bits per heavy atom. The summed E-state index contributed by atoms with van der Waals surface area (Å²) in [5.74, 6) is -0.523. The molecule has 2 rings (SSSR count). The summed E-state index contributed by atoms with van der Waals surface area (Å²) >= 11 is 5.99. The molecule has 0 saturated carbocycles. The molecule has 0 bridgehead atoms. The van der Waals surface area contributed by atoms with Crippen LogP contribution in [0, 0.1) is 19.8 Å². The van der Waals surface area contributed by atoms with Gasteiger partial charge in [-0.25, -0.2) is 8.42 Å². The lowest BCUT2D eigenvalue weighted by Gasteiger charge is -2.32. The van der Waals surface area contributed by atoms with E-state index in [-0.39, 0.29) is 18.4 Å². The van der Waals surface area contributed by atoms with Gasteiger partial charge in [-0.05, 0) is 55.5 Å². The number of hydrogen-bond acceptors (Lipinski definition) is 4. The highest BCUT2D eigenvalue weighted by Crippen LogP contribution is 2.27. The Morgan fingerprint density at radius 2 is 1.56 bits per heavy atom. The molecule has 0 saturated heterocycles. The van der Waals surface area contributed by atoms with Gasteiger partial charge in [-0.1, -0.05) is 55.8 Å². The normalized spacial score (nSPS) is 12.4. The van der Waals surface area contributed by atoms with Crippen molar-refractivity contribution in [1.82, 2.24) is 10.2 Å². The molecular formula is C25H34ClN3O4S. The number of para-hydroxylation sites is 1. The van der Waals surface area contributed by atoms with E-state index < -0.39 is 28.5 Å². The third-order valence-corrected chi connectivity index (χ3v) is 6.85. The molecule has 186 valence electrons. The molecule has 0 radical (unpaired) electrons. The summed E-state index contributed by atoms with van der Waals surface area (Å²) in [6.07, 6.45) is 1.08. The first-order chi connectivity index (χ1) is 15.8. The van der Waals surface area contributed by atoms with Gasteiger partial charge in [-0.2, -0.15) is 0 Å². The number of halogens is 1. The lowest BCUT2D eigenvalue weighted by Crippen LogP contribution is -2.51. The number of sulfonamides is 1. The van der Waals surface area contributed by atoms with Crippen molar-refractivity contribution in [3.63, 3.8) is 0 Å². The molecular weight excluding hydrogens is 474 g/mol. The van der Waals surface area contributed by atoms with Gasteiger partial charge in [0.15, 0.2) is 0 Å². The first-order valence-electron chi connectivity index (χ1n) is 11.2. The van der Waals surface area contributed by atoms with Crippen LogP contribution in [-0.2, 0) is 26.2 Å². The average Bonchev–Trinajstić information content (AvgIpc) is 2.74. The summed E-state index contributed by atoms with van der Waals surface area (Å²) in [6.45, 7) is 9.41. The van der Waals surface area contributed by atoms with Gasteiger partial charge in [0, 0.05) is 18.1 Å². The lowest BCUT2D eigenvalue weighted by molar-refractivity contribution is -0.139. The largest absolute Gasteiger partial charge is 0.354 e. The Hall–Kier alpha value is -2.58. The Labute approximate surface area is 208 Å². The van der Waals surface area contributed by atoms with Crippen LogP contribution in [0.2, 0.25) is 5.02 Å². The summed E-state index contributed by atoms with van der Waals surface area (Å²) in [6, 6.07) is 11.6. The second-order valence-corrected chi connectivity index (χ2v) is 11.3. The molecule has 0 heterocycles. The Morgan fingerprint density at radius 1 is 1.00 bits per heavy atom. The highest BCUT2D eigenvalue weighted by molar-refractivity contribution is 7.92. The molecule has 2 amide bonds. The van der Waals surface area contributed by atoms with E-state index >= 15 is 0 Å². The molecule has 0 aromatic heterocycles. The predicted octanol–water partition coefficient (Wildman–Crippen LogP) is 3.91. The van der Waals surface area contributed by atoms with Gasteiger partial charge < -0.3 is 10.2 Å². The van der Waals surface area contributed by atoms with Gasteiger partial charge in [0.25, 0.3) is 0 Å². The number of amides is 2. The van der Waals surface area contributed by atoms with Crippen molar-refractivity contribution in [2.45, 2.75) is 47.2 Å². The number of aryl methyl sites for hydroxylation is 2. The minimum Gasteiger partial charge on any atom is -0.354 e. The zero-order valence-electron chi connectivity index (χ0n) is 20.6. The maximum absolute atomic E-state index is 13.6. The molecule has 1 unspecified atom stereocenters. The molecule has 0 aliphatic heterocycles. The smallest absolute Gasteiger partial charge is 0.244 e. The summed E-state index contributed by atoms with van der Waals surface area (Å²) in [4.78, 5) is 27.8. The van der Waals surface area contributed by atoms with Crippen molar-refractivity contribution in [3.05, 3.63) is 64.2 Å². The van der Waals surface area contributed by atoms with E-state index in [1.807, 2.05) is 19.9 Å². The number of benzene rings is 2. The molecule has 2 aromatic carbocycles. The predicted molar refractivity (Wildman–Crippen MR) is 137 cm³/mol. The maximum atomic E-state index is 13.6. The summed E-state index contributed by atoms with van der Waals surface area (Å²) in [5.41, 5.74) is 2.73. The number of rotatable bonds is 10. The van der Waals surface area contributed by atoms with Crippen LogP contribution in [0.5, 0.6) is 0 Å². The molecule has 1 atom stereocenters. The topological polar surface area (TPSA) is 86.8 Å². The van der Waals surface area contributed by atoms with Crippen LogP contribution in [0.1, 0.15) is 37.5 Å². The van der Waals surface area contributed by atoms with Crippen molar-refractivity contribution < 1.29 is 18.0 Å². The maximum Gasteiger partial charge on any atom is 0.244 e. The number of nitrogens with one attached hydrogen (secondary N) is 1. The summed E-state index contributed by atoms with van der Waals surface area (Å²) in [5, 5.41) is 3.42. The van der Waals surface area contributed by atoms with Crippen molar-refractivity contribution in [1.29, 1.82) is 0 Å². The number of hydrogen-bond donors (Lipinski definition) is 1. The molecule has 2 aromatic rings. The molecule has 34 heavy (non-hydrogen) atoms. The monoisotopic (exact) mass is 507 g/mol. The standard InChI is InChI=1S/C25H34ClN3O4S/c1-17(2)14-27-25(31)20(5)28(15-21-10-12-22(26)13-11-21)23(30)16-29(34(6,32)33)24-18(3)8-7-9-19(24)4/h7-13,17,20H,14-16H2,1-6H3,(H,27,31). The van der Waals surface area contributed by atoms with Crippen LogP contribution in [0.25, 0.3) is 0 Å². The Balaban J connectivity index is 2.41. The second-order valence-electron chi connectivity index (χ2n) is 8.97. The molecule has 0 fully saturated rings. The zero-order valence-corrected chi connectivity index (χ0v) is 22.2. The molecule has 1 N–H and O–H groups in total. The van der Waals surface area contributed by atoms with Gasteiger partial charge in [0.1, 0.15) is 12.6 Å². The van der Waals surface area contributed by atoms with Gasteiger partial charge in [0.2, 0.25) is 21.8 Å². The highest BCUT2D eigenvalue weighted by atomic mass is 35.5. The Bertz CT molecular complexity index is 1100. The van der Waals surface area contributed by atoms with E-state index in [2.05, 4.69) is 5.32 Å². The molecule has 9 heteroatoms. The van der Waals surface area contributed by atoms with Gasteiger partial charge >= 0.3 is 0 Å². The fraction of sp³-hybridized carbons (Fsp3) is 0.440. The van der Waals surface area contributed by atoms with E-state index in [1.54, 1.807) is 57.2 Å². The molecule has 7 nitrogen and oxygen atoms in total. The van der Waals surface area contributed by atoms with E-state index in [0.29, 0.717) is 17.3 Å². The van der Waals surface area contributed by atoms with Gasteiger partial charge in [0.05, 0.1) is 11.9 Å². The van der Waals surface area contributed by atoms with E-state index in [0.717, 1.165) is 27.3 Å². The van der Waals surface area contributed by atoms with Crippen LogP contribution < -0.4 is 9.62 Å². The average molecular weight is 508 g/mol. The molecule has 0 aliphatic carbocycles. The van der Waals surface area contributed by atoms with E-state index in [1.165, 1.54) is 4.90 Å². The van der Waals surface area contributed by atoms with Crippen LogP contribution in [0.15, 0.2) is 42.5 Å². The Kier molecular flexibility index (Phi) is 9.53. The number of carbonyl (C=O) groups is 2. The first kappa shape index (κ1) is 27.7. The van der Waals surface area contributed by atoms with Gasteiger partial charge in [-0.3, -0.25) is 13.9 Å². The summed E-state index contributed by atoms with van der Waals surface area (Å²) in [7, 11) is -3.77. The fourth-order valence-electron chi connectivity index (χ4n) is 3.60. The third kappa shape index (κ3) is 7.46. The van der Waals surface area contributed by atoms with E-state index in [9.17, 15) is 18.0 Å². The SMILES string of the molecule is Cc1cccc(C)c1N(CC(=O)N(Cc1ccc(Cl)cc1)C(C)C(=O)NCC(C)C)S(C)(=O)=O. The first-order valence-corrected chi connectivity index (χ1v) is 13.4. The van der Waals surface area contributed by atoms with Crippen molar-refractivity contribution in [2.75, 3.05) is 23.7 Å². The van der Waals surface area contributed by atoms with E-state index in [4.69, 9.17) is 11.6 Å². The zero-order chi connectivity index (χ0) is 25.6. The minimum absolute atomic E-state index is 0.136. The van der Waals surface area contributed by atoms with Crippen LogP contribution in [-0.4, -0.2) is 50.5 Å². The quantitative estimate of drug-likeness (QED) is 0.528. The number of anilines is 1.